The maximum Gasteiger partial charge on any atom is 0.226 e. The van der Waals surface area contributed by atoms with Crippen LogP contribution in [-0.2, 0) is 16.1 Å². The summed E-state index contributed by atoms with van der Waals surface area (Å²) in [6, 6.07) is 10.4. The lowest BCUT2D eigenvalue weighted by atomic mass is 9.94. The smallest absolute Gasteiger partial charge is 0.226 e. The van der Waals surface area contributed by atoms with E-state index in [0.29, 0.717) is 19.0 Å². The van der Waals surface area contributed by atoms with Crippen LogP contribution in [0.1, 0.15) is 63.4 Å². The molecule has 0 spiro atoms. The zero-order chi connectivity index (χ0) is 17.5. The molecule has 1 unspecified atom stereocenters. The molecule has 136 valence electrons. The second kappa shape index (κ2) is 9.02. The molecule has 1 heterocycles. The van der Waals surface area contributed by atoms with Crippen molar-refractivity contribution in [2.24, 2.45) is 5.92 Å². The molecule has 4 nitrogen and oxygen atoms in total. The molecule has 1 N–H and O–H groups in total. The molecule has 1 saturated carbocycles. The lowest BCUT2D eigenvalue weighted by Gasteiger charge is -2.26. The highest BCUT2D eigenvalue weighted by Gasteiger charge is 2.29. The van der Waals surface area contributed by atoms with E-state index in [1.807, 2.05) is 23.1 Å². The summed E-state index contributed by atoms with van der Waals surface area (Å²) in [6.07, 6.45) is 9.10. The van der Waals surface area contributed by atoms with Gasteiger partial charge in [0.2, 0.25) is 11.8 Å². The lowest BCUT2D eigenvalue weighted by molar-refractivity contribution is -0.138. The van der Waals surface area contributed by atoms with E-state index in [2.05, 4.69) is 17.4 Å². The summed E-state index contributed by atoms with van der Waals surface area (Å²) in [5.41, 5.74) is 1.16. The minimum absolute atomic E-state index is 0.0619. The van der Waals surface area contributed by atoms with Crippen molar-refractivity contribution in [2.75, 3.05) is 6.54 Å². The molecule has 0 aromatic heterocycles. The van der Waals surface area contributed by atoms with Crippen LogP contribution in [0.3, 0.4) is 0 Å². The summed E-state index contributed by atoms with van der Waals surface area (Å²) >= 11 is 0. The van der Waals surface area contributed by atoms with Crippen LogP contribution in [0.4, 0.5) is 0 Å². The summed E-state index contributed by atoms with van der Waals surface area (Å²) in [5, 5.41) is 3.16. The predicted molar refractivity (Wildman–Crippen MR) is 98.8 cm³/mol. The van der Waals surface area contributed by atoms with Gasteiger partial charge in [-0.2, -0.15) is 0 Å². The first-order valence-electron chi connectivity index (χ1n) is 9.84. The largest absolute Gasteiger partial charge is 0.353 e. The third-order valence-corrected chi connectivity index (χ3v) is 5.51. The monoisotopic (exact) mass is 342 g/mol. The summed E-state index contributed by atoms with van der Waals surface area (Å²) in [6.45, 7) is 1.45. The van der Waals surface area contributed by atoms with Gasteiger partial charge in [-0.05, 0) is 31.2 Å². The Labute approximate surface area is 151 Å². The van der Waals surface area contributed by atoms with Gasteiger partial charge in [0, 0.05) is 31.5 Å². The van der Waals surface area contributed by atoms with Crippen LogP contribution in [0.5, 0.6) is 0 Å². The van der Waals surface area contributed by atoms with Gasteiger partial charge in [0.15, 0.2) is 0 Å². The first-order valence-corrected chi connectivity index (χ1v) is 9.84. The molecule has 2 fully saturated rings. The van der Waals surface area contributed by atoms with Gasteiger partial charge < -0.3 is 10.2 Å². The molecule has 2 amide bonds. The predicted octanol–water partition coefficient (Wildman–Crippen LogP) is 3.65. The quantitative estimate of drug-likeness (QED) is 0.888. The van der Waals surface area contributed by atoms with Gasteiger partial charge in [-0.1, -0.05) is 56.0 Å². The molecule has 1 aliphatic heterocycles. The van der Waals surface area contributed by atoms with E-state index in [9.17, 15) is 9.59 Å². The summed E-state index contributed by atoms with van der Waals surface area (Å²) in [7, 11) is 0. The minimum Gasteiger partial charge on any atom is -0.353 e. The number of carbonyl (C=O) groups is 2. The van der Waals surface area contributed by atoms with Crippen molar-refractivity contribution >= 4 is 11.8 Å². The normalized spacial score (nSPS) is 22.5. The van der Waals surface area contributed by atoms with Gasteiger partial charge >= 0.3 is 0 Å². The molecule has 2 aliphatic rings. The molecule has 1 saturated heterocycles. The van der Waals surface area contributed by atoms with Crippen LogP contribution in [0, 0.1) is 5.92 Å². The van der Waals surface area contributed by atoms with Gasteiger partial charge in [0.05, 0.1) is 0 Å². The van der Waals surface area contributed by atoms with Crippen molar-refractivity contribution in [1.82, 2.24) is 10.2 Å². The Bertz CT molecular complexity index is 567. The maximum atomic E-state index is 12.9. The summed E-state index contributed by atoms with van der Waals surface area (Å²) in [5.74, 6) is 0.0572. The number of nitrogens with zero attached hydrogens (tertiary/aromatic N) is 1. The van der Waals surface area contributed by atoms with Crippen LogP contribution in [0.25, 0.3) is 0 Å². The third-order valence-electron chi connectivity index (χ3n) is 5.51. The third kappa shape index (κ3) is 5.32. The molecule has 1 aromatic carbocycles. The van der Waals surface area contributed by atoms with Crippen molar-refractivity contribution in [3.05, 3.63) is 35.9 Å². The molecule has 1 aliphatic carbocycles. The van der Waals surface area contributed by atoms with E-state index in [0.717, 1.165) is 44.2 Å². The minimum atomic E-state index is -0.158. The molecule has 0 radical (unpaired) electrons. The topological polar surface area (TPSA) is 49.4 Å². The summed E-state index contributed by atoms with van der Waals surface area (Å²) < 4.78 is 0. The van der Waals surface area contributed by atoms with Gasteiger partial charge in [-0.15, -0.1) is 0 Å². The fourth-order valence-corrected chi connectivity index (χ4v) is 4.09. The first kappa shape index (κ1) is 18.0. The van der Waals surface area contributed by atoms with E-state index in [4.69, 9.17) is 0 Å². The van der Waals surface area contributed by atoms with Gasteiger partial charge in [-0.3, -0.25) is 9.59 Å². The summed E-state index contributed by atoms with van der Waals surface area (Å²) in [4.78, 5) is 27.3. The van der Waals surface area contributed by atoms with Gasteiger partial charge in [-0.25, -0.2) is 0 Å². The Morgan fingerprint density at radius 2 is 1.72 bits per heavy atom. The van der Waals surface area contributed by atoms with Gasteiger partial charge in [0.25, 0.3) is 0 Å². The number of carbonyl (C=O) groups excluding carboxylic acids is 2. The van der Waals surface area contributed by atoms with Crippen LogP contribution in [-0.4, -0.2) is 29.3 Å². The Hall–Kier alpha value is -1.84. The zero-order valence-electron chi connectivity index (χ0n) is 15.1. The first-order chi connectivity index (χ1) is 12.2. The Kier molecular flexibility index (Phi) is 6.48. The average Bonchev–Trinajstić information content (AvgIpc) is 2.79. The molecular formula is C21H30N2O2. The van der Waals surface area contributed by atoms with E-state index < -0.39 is 0 Å². The van der Waals surface area contributed by atoms with Crippen LogP contribution in [0.15, 0.2) is 30.3 Å². The number of benzene rings is 1. The van der Waals surface area contributed by atoms with E-state index >= 15 is 0 Å². The zero-order valence-corrected chi connectivity index (χ0v) is 15.1. The molecule has 1 atom stereocenters. The van der Waals surface area contributed by atoms with Crippen molar-refractivity contribution in [1.29, 1.82) is 0 Å². The van der Waals surface area contributed by atoms with Gasteiger partial charge in [0.1, 0.15) is 0 Å². The number of hydrogen-bond acceptors (Lipinski definition) is 2. The Morgan fingerprint density at radius 1 is 1.00 bits per heavy atom. The van der Waals surface area contributed by atoms with Crippen molar-refractivity contribution < 1.29 is 9.59 Å². The van der Waals surface area contributed by atoms with E-state index in [1.165, 1.54) is 19.3 Å². The van der Waals surface area contributed by atoms with Crippen molar-refractivity contribution in [3.8, 4) is 0 Å². The fraction of sp³-hybridized carbons (Fsp3) is 0.619. The molecule has 1 aromatic rings. The lowest BCUT2D eigenvalue weighted by Crippen LogP contribution is -2.40. The highest BCUT2D eigenvalue weighted by Crippen LogP contribution is 2.23. The standard InChI is InChI=1S/C21H30N2O2/c24-20(22-19-12-5-2-6-13-19)15-18-11-7-8-14-23(21(18)25)16-17-9-3-1-4-10-17/h1,3-4,9-10,18-19H,2,5-8,11-16H2,(H,22,24). The number of rotatable bonds is 5. The second-order valence-corrected chi connectivity index (χ2v) is 7.54. The molecule has 0 bridgehead atoms. The molecular weight excluding hydrogens is 312 g/mol. The van der Waals surface area contributed by atoms with Crippen molar-refractivity contribution in [3.63, 3.8) is 0 Å². The molecule has 4 heteroatoms. The Morgan fingerprint density at radius 3 is 2.48 bits per heavy atom. The van der Waals surface area contributed by atoms with E-state index in [1.54, 1.807) is 0 Å². The highest BCUT2D eigenvalue weighted by atomic mass is 16.2. The number of nitrogens with one attached hydrogen (secondary N) is 1. The maximum absolute atomic E-state index is 12.9. The van der Waals surface area contributed by atoms with Crippen molar-refractivity contribution in [2.45, 2.75) is 70.4 Å². The SMILES string of the molecule is O=C(CC1CCCCN(Cc2ccccc2)C1=O)NC1CCCCC1. The van der Waals surface area contributed by atoms with Crippen LogP contribution in [0.2, 0.25) is 0 Å². The molecule has 25 heavy (non-hydrogen) atoms. The fourth-order valence-electron chi connectivity index (χ4n) is 4.09. The average molecular weight is 342 g/mol. The molecule has 3 rings (SSSR count). The number of amides is 2. The highest BCUT2D eigenvalue weighted by molar-refractivity contribution is 5.86. The second-order valence-electron chi connectivity index (χ2n) is 7.54. The Balaban J connectivity index is 1.56. The number of hydrogen-bond donors (Lipinski definition) is 1. The van der Waals surface area contributed by atoms with E-state index in [-0.39, 0.29) is 17.7 Å². The van der Waals surface area contributed by atoms with Crippen LogP contribution < -0.4 is 5.32 Å². The van der Waals surface area contributed by atoms with Crippen LogP contribution >= 0.6 is 0 Å². The number of likely N-dealkylation sites (tertiary alicyclic amines) is 1.